The number of benzene rings is 2. The van der Waals surface area contributed by atoms with Gasteiger partial charge in [-0.05, 0) is 54.8 Å². The number of aromatic nitrogens is 2. The molecule has 0 N–H and O–H groups in total. The summed E-state index contributed by atoms with van der Waals surface area (Å²) in [5, 5.41) is 5.07. The number of methoxy groups -OCH3 is 1. The fourth-order valence-corrected chi connectivity index (χ4v) is 4.24. The Labute approximate surface area is 184 Å². The highest BCUT2D eigenvalue weighted by Gasteiger charge is 2.22. The van der Waals surface area contributed by atoms with Crippen LogP contribution in [0.3, 0.4) is 0 Å². The van der Waals surface area contributed by atoms with Crippen LogP contribution in [0.5, 0.6) is 5.75 Å². The van der Waals surface area contributed by atoms with Gasteiger partial charge in [0.15, 0.2) is 0 Å². The molecule has 1 aliphatic carbocycles. The molecule has 0 spiro atoms. The Morgan fingerprint density at radius 1 is 1.13 bits per heavy atom. The van der Waals surface area contributed by atoms with Gasteiger partial charge in [0.2, 0.25) is 0 Å². The van der Waals surface area contributed by atoms with E-state index in [-0.39, 0.29) is 11.5 Å². The van der Waals surface area contributed by atoms with Gasteiger partial charge in [0.05, 0.1) is 18.0 Å². The van der Waals surface area contributed by atoms with E-state index in [4.69, 9.17) is 9.72 Å². The topological polar surface area (TPSA) is 56.5 Å². The molecule has 154 valence electrons. The van der Waals surface area contributed by atoms with Crippen molar-refractivity contribution in [3.8, 4) is 5.75 Å². The van der Waals surface area contributed by atoms with Crippen molar-refractivity contribution >= 4 is 39.1 Å². The van der Waals surface area contributed by atoms with Crippen LogP contribution in [0.25, 0.3) is 17.0 Å². The van der Waals surface area contributed by atoms with Gasteiger partial charge >= 0.3 is 0 Å². The largest absolute Gasteiger partial charge is 0.497 e. The summed E-state index contributed by atoms with van der Waals surface area (Å²) >= 11 is 3.45. The molecule has 0 saturated heterocycles. The van der Waals surface area contributed by atoms with Crippen molar-refractivity contribution < 1.29 is 4.74 Å². The highest BCUT2D eigenvalue weighted by molar-refractivity contribution is 9.10. The molecule has 5 nitrogen and oxygen atoms in total. The third kappa shape index (κ3) is 4.54. The molecule has 0 amide bonds. The summed E-state index contributed by atoms with van der Waals surface area (Å²) in [6, 6.07) is 13.4. The van der Waals surface area contributed by atoms with Crippen LogP contribution in [0.4, 0.5) is 0 Å². The lowest BCUT2D eigenvalue weighted by atomic mass is 9.88. The first-order chi connectivity index (χ1) is 14.7. The molecule has 30 heavy (non-hydrogen) atoms. The van der Waals surface area contributed by atoms with Crippen LogP contribution < -0.4 is 10.3 Å². The lowest BCUT2D eigenvalue weighted by molar-refractivity contribution is 0.415. The fraction of sp³-hybridized carbons (Fsp3) is 0.292. The molecule has 2 aromatic carbocycles. The number of halogens is 1. The zero-order chi connectivity index (χ0) is 20.9. The molecule has 1 saturated carbocycles. The minimum absolute atomic E-state index is 0.129. The van der Waals surface area contributed by atoms with Crippen LogP contribution in [0.1, 0.15) is 49.4 Å². The lowest BCUT2D eigenvalue weighted by Gasteiger charge is -2.22. The Balaban J connectivity index is 1.69. The highest BCUT2D eigenvalue weighted by Crippen LogP contribution is 2.32. The quantitative estimate of drug-likeness (QED) is 0.449. The van der Waals surface area contributed by atoms with E-state index in [0.717, 1.165) is 40.0 Å². The first-order valence-electron chi connectivity index (χ1n) is 10.2. The van der Waals surface area contributed by atoms with Crippen LogP contribution in [-0.4, -0.2) is 23.0 Å². The first kappa shape index (κ1) is 20.5. The van der Waals surface area contributed by atoms with Crippen LogP contribution in [0.15, 0.2) is 62.9 Å². The molecule has 1 fully saturated rings. The van der Waals surface area contributed by atoms with Crippen molar-refractivity contribution in [3.63, 3.8) is 0 Å². The highest BCUT2D eigenvalue weighted by atomic mass is 79.9. The van der Waals surface area contributed by atoms with Gasteiger partial charge in [0.1, 0.15) is 11.6 Å². The zero-order valence-corrected chi connectivity index (χ0v) is 18.5. The lowest BCUT2D eigenvalue weighted by Crippen LogP contribution is -2.25. The molecule has 0 aliphatic heterocycles. The summed E-state index contributed by atoms with van der Waals surface area (Å²) in [7, 11) is 1.65. The average Bonchev–Trinajstić information content (AvgIpc) is 2.79. The average molecular weight is 466 g/mol. The van der Waals surface area contributed by atoms with Gasteiger partial charge in [0.25, 0.3) is 5.56 Å². The third-order valence-corrected chi connectivity index (χ3v) is 5.97. The number of nitrogens with zero attached hydrogens (tertiary/aromatic N) is 3. The molecule has 1 aliphatic rings. The summed E-state index contributed by atoms with van der Waals surface area (Å²) in [6.07, 6.45) is 11.1. The van der Waals surface area contributed by atoms with E-state index in [1.807, 2.05) is 54.6 Å². The maximum Gasteiger partial charge on any atom is 0.282 e. The normalized spacial score (nSPS) is 15.4. The van der Waals surface area contributed by atoms with Crippen molar-refractivity contribution in [1.29, 1.82) is 0 Å². The zero-order valence-electron chi connectivity index (χ0n) is 16.9. The summed E-state index contributed by atoms with van der Waals surface area (Å²) in [6.45, 7) is 0. The number of allylic oxidation sites excluding steroid dienone is 1. The minimum Gasteiger partial charge on any atom is -0.497 e. The van der Waals surface area contributed by atoms with E-state index in [1.54, 1.807) is 13.3 Å². The summed E-state index contributed by atoms with van der Waals surface area (Å²) in [5.41, 5.74) is 1.63. The molecule has 6 heteroatoms. The number of ether oxygens (including phenoxy) is 1. The predicted octanol–water partition coefficient (Wildman–Crippen LogP) is 5.76. The van der Waals surface area contributed by atoms with Crippen LogP contribution in [0, 0.1) is 0 Å². The van der Waals surface area contributed by atoms with Gasteiger partial charge in [-0.25, -0.2) is 4.98 Å². The molecule has 0 unspecified atom stereocenters. The number of fused-ring (bicyclic) bond motifs is 1. The van der Waals surface area contributed by atoms with E-state index < -0.39 is 0 Å². The van der Waals surface area contributed by atoms with Crippen LogP contribution >= 0.6 is 15.9 Å². The molecule has 1 heterocycles. The second kappa shape index (κ2) is 9.39. The molecule has 0 atom stereocenters. The van der Waals surface area contributed by atoms with E-state index >= 15 is 0 Å². The van der Waals surface area contributed by atoms with Crippen molar-refractivity contribution in [2.24, 2.45) is 5.10 Å². The van der Waals surface area contributed by atoms with Crippen molar-refractivity contribution in [2.75, 3.05) is 7.11 Å². The smallest absolute Gasteiger partial charge is 0.282 e. The number of hydrogen-bond acceptors (Lipinski definition) is 4. The SMILES string of the molecule is COc1ccc(/C=C/C=Nn2c(C3CCCCC3)nc3ccc(Br)cc3c2=O)cc1. The molecule has 3 aromatic rings. The summed E-state index contributed by atoms with van der Waals surface area (Å²) in [5.74, 6) is 1.85. The Hall–Kier alpha value is -2.73. The molecule has 0 bridgehead atoms. The first-order valence-corrected chi connectivity index (χ1v) is 11.0. The molecule has 1 aromatic heterocycles. The minimum atomic E-state index is -0.129. The standard InChI is InChI=1S/C24H24BrN3O2/c1-30-20-12-9-17(10-13-20)6-5-15-26-28-23(18-7-3-2-4-8-18)27-22-14-11-19(25)16-21(22)24(28)29/h5-6,9-16,18H,2-4,7-8H2,1H3/b6-5+,26-15?. The van der Waals surface area contributed by atoms with Gasteiger partial charge in [-0.3, -0.25) is 4.79 Å². The Morgan fingerprint density at radius 3 is 2.63 bits per heavy atom. The second-order valence-electron chi connectivity index (χ2n) is 7.48. The third-order valence-electron chi connectivity index (χ3n) is 5.48. The number of rotatable bonds is 5. The van der Waals surface area contributed by atoms with Gasteiger partial charge in [0, 0.05) is 16.6 Å². The fourth-order valence-electron chi connectivity index (χ4n) is 3.88. The van der Waals surface area contributed by atoms with Crippen LogP contribution in [-0.2, 0) is 0 Å². The van der Waals surface area contributed by atoms with E-state index in [2.05, 4.69) is 21.0 Å². The van der Waals surface area contributed by atoms with Crippen molar-refractivity contribution in [2.45, 2.75) is 38.0 Å². The Morgan fingerprint density at radius 2 is 1.90 bits per heavy atom. The number of hydrogen-bond donors (Lipinski definition) is 0. The van der Waals surface area contributed by atoms with E-state index in [1.165, 1.54) is 23.9 Å². The van der Waals surface area contributed by atoms with Gasteiger partial charge in [-0.2, -0.15) is 9.78 Å². The van der Waals surface area contributed by atoms with Gasteiger partial charge in [-0.1, -0.05) is 53.4 Å². The van der Waals surface area contributed by atoms with Crippen LogP contribution in [0.2, 0.25) is 0 Å². The second-order valence-corrected chi connectivity index (χ2v) is 8.40. The summed E-state index contributed by atoms with van der Waals surface area (Å²) in [4.78, 5) is 18.1. The molecular formula is C24H24BrN3O2. The van der Waals surface area contributed by atoms with E-state index in [9.17, 15) is 4.79 Å². The predicted molar refractivity (Wildman–Crippen MR) is 125 cm³/mol. The van der Waals surface area contributed by atoms with Gasteiger partial charge in [-0.15, -0.1) is 0 Å². The molecule has 4 rings (SSSR count). The van der Waals surface area contributed by atoms with E-state index in [0.29, 0.717) is 5.39 Å². The maximum absolute atomic E-state index is 13.2. The Bertz CT molecular complexity index is 1140. The monoisotopic (exact) mass is 465 g/mol. The molecular weight excluding hydrogens is 442 g/mol. The van der Waals surface area contributed by atoms with Crippen molar-refractivity contribution in [3.05, 3.63) is 74.8 Å². The van der Waals surface area contributed by atoms with Gasteiger partial charge < -0.3 is 4.74 Å². The Kier molecular flexibility index (Phi) is 6.43. The van der Waals surface area contributed by atoms with Crippen molar-refractivity contribution in [1.82, 2.24) is 9.66 Å². The maximum atomic E-state index is 13.2. The summed E-state index contributed by atoms with van der Waals surface area (Å²) < 4.78 is 7.53. The molecule has 0 radical (unpaired) electrons.